The first kappa shape index (κ1) is 9.96. The minimum atomic E-state index is -0.591. The molecule has 2 N–H and O–H groups in total. The molecule has 0 aromatic carbocycles. The minimum absolute atomic E-state index is 0.0815. The number of methoxy groups -OCH3 is 1. The molecule has 0 aliphatic carbocycles. The Hall–Kier alpha value is -1.04. The number of nitrogens with one attached hydrogen (secondary N) is 2. The van der Waals surface area contributed by atoms with Crippen LogP contribution in [0.5, 0.6) is 0 Å². The molecule has 0 aromatic rings. The maximum absolute atomic E-state index is 10.6. The van der Waals surface area contributed by atoms with Crippen molar-refractivity contribution in [3.05, 3.63) is 0 Å². The molecular weight excluding hydrogens is 168 g/mol. The van der Waals surface area contributed by atoms with Gasteiger partial charge in [-0.3, -0.25) is 5.43 Å². The Bertz CT molecular complexity index is 151. The lowest BCUT2D eigenvalue weighted by molar-refractivity contribution is 0.149. The van der Waals surface area contributed by atoms with Gasteiger partial charge in [0.15, 0.2) is 0 Å². The Morgan fingerprint density at radius 3 is 2.64 bits per heavy atom. The van der Waals surface area contributed by atoms with Crippen LogP contribution in [0.4, 0.5) is 4.79 Å². The van der Waals surface area contributed by atoms with Crippen molar-refractivity contribution in [2.75, 3.05) is 13.7 Å². The van der Waals surface area contributed by atoms with E-state index < -0.39 is 6.09 Å². The predicted octanol–water partition coefficient (Wildman–Crippen LogP) is 0.168. The Morgan fingerprint density at radius 2 is 2.18 bits per heavy atom. The van der Waals surface area contributed by atoms with Crippen molar-refractivity contribution in [2.45, 2.75) is 6.92 Å². The summed E-state index contributed by atoms with van der Waals surface area (Å²) in [5, 5.41) is 0.0815. The van der Waals surface area contributed by atoms with Crippen LogP contribution in [-0.4, -0.2) is 25.0 Å². The molecule has 0 bridgehead atoms. The molecule has 0 spiro atoms. The number of carbonyl (C=O) groups is 1. The van der Waals surface area contributed by atoms with Crippen LogP contribution in [0.1, 0.15) is 6.92 Å². The van der Waals surface area contributed by atoms with Gasteiger partial charge in [0.25, 0.3) is 5.17 Å². The van der Waals surface area contributed by atoms with E-state index in [1.54, 1.807) is 6.92 Å². The van der Waals surface area contributed by atoms with E-state index in [0.717, 1.165) is 0 Å². The zero-order valence-corrected chi connectivity index (χ0v) is 7.16. The molecule has 1 amide bonds. The zero-order valence-electron chi connectivity index (χ0n) is 6.34. The number of thiocarbonyl (C=S) groups is 1. The Balaban J connectivity index is 3.38. The zero-order chi connectivity index (χ0) is 8.69. The Morgan fingerprint density at radius 1 is 1.55 bits per heavy atom. The topological polar surface area (TPSA) is 59.6 Å². The molecule has 0 aliphatic rings. The highest BCUT2D eigenvalue weighted by Crippen LogP contribution is 1.74. The van der Waals surface area contributed by atoms with Crippen LogP contribution in [0.15, 0.2) is 0 Å². The summed E-state index contributed by atoms with van der Waals surface area (Å²) in [6.45, 7) is 2.02. The van der Waals surface area contributed by atoms with Crippen LogP contribution in [-0.2, 0) is 9.47 Å². The van der Waals surface area contributed by atoms with Crippen LogP contribution in [0.3, 0.4) is 0 Å². The van der Waals surface area contributed by atoms with Gasteiger partial charge in [-0.1, -0.05) is 0 Å². The lowest BCUT2D eigenvalue weighted by Gasteiger charge is -2.06. The van der Waals surface area contributed by atoms with Gasteiger partial charge in [0.2, 0.25) is 0 Å². The third-order valence-electron chi connectivity index (χ3n) is 0.727. The fourth-order valence-electron chi connectivity index (χ4n) is 0.320. The van der Waals surface area contributed by atoms with Crippen LogP contribution >= 0.6 is 12.2 Å². The molecule has 0 atom stereocenters. The first-order chi connectivity index (χ1) is 5.20. The highest BCUT2D eigenvalue weighted by Gasteiger charge is 1.98. The van der Waals surface area contributed by atoms with Gasteiger partial charge in [-0.25, -0.2) is 10.2 Å². The first-order valence-corrected chi connectivity index (χ1v) is 3.38. The number of ether oxygens (including phenoxy) is 2. The fraction of sp³-hybridized carbons (Fsp3) is 0.600. The van der Waals surface area contributed by atoms with E-state index in [1.807, 2.05) is 0 Å². The van der Waals surface area contributed by atoms with Crippen molar-refractivity contribution in [1.29, 1.82) is 0 Å². The van der Waals surface area contributed by atoms with Crippen molar-refractivity contribution in [2.24, 2.45) is 0 Å². The highest BCUT2D eigenvalue weighted by molar-refractivity contribution is 7.80. The smallest absolute Gasteiger partial charge is 0.426 e. The lowest BCUT2D eigenvalue weighted by atomic mass is 10.9. The summed E-state index contributed by atoms with van der Waals surface area (Å²) < 4.78 is 9.04. The summed E-state index contributed by atoms with van der Waals surface area (Å²) in [5.74, 6) is 0. The van der Waals surface area contributed by atoms with Gasteiger partial charge in [-0.2, -0.15) is 0 Å². The van der Waals surface area contributed by atoms with Crippen molar-refractivity contribution in [1.82, 2.24) is 10.9 Å². The summed E-state index contributed by atoms with van der Waals surface area (Å²) >= 11 is 4.55. The third-order valence-corrected chi connectivity index (χ3v) is 0.996. The number of amides is 1. The number of carbonyl (C=O) groups excluding carboxylic acids is 1. The SMILES string of the molecule is CCOC(=O)NNC(=S)OC. The van der Waals surface area contributed by atoms with Gasteiger partial charge in [0.05, 0.1) is 13.7 Å². The third kappa shape index (κ3) is 5.41. The summed E-state index contributed by atoms with van der Waals surface area (Å²) in [6, 6.07) is 0. The molecule has 0 radical (unpaired) electrons. The van der Waals surface area contributed by atoms with Crippen molar-refractivity contribution in [3.63, 3.8) is 0 Å². The summed E-state index contributed by atoms with van der Waals surface area (Å²) in [4.78, 5) is 10.6. The van der Waals surface area contributed by atoms with Crippen LogP contribution in [0.25, 0.3) is 0 Å². The van der Waals surface area contributed by atoms with Crippen LogP contribution < -0.4 is 10.9 Å². The molecule has 0 rings (SSSR count). The number of hydrogen-bond acceptors (Lipinski definition) is 4. The molecule has 11 heavy (non-hydrogen) atoms. The van der Waals surface area contributed by atoms with Crippen molar-refractivity contribution < 1.29 is 14.3 Å². The summed E-state index contributed by atoms with van der Waals surface area (Å²) in [7, 11) is 1.39. The number of rotatable bonds is 1. The monoisotopic (exact) mass is 178 g/mol. The lowest BCUT2D eigenvalue weighted by Crippen LogP contribution is -2.41. The maximum atomic E-state index is 10.6. The Kier molecular flexibility index (Phi) is 5.18. The standard InChI is InChI=1S/C5H10N2O3S/c1-3-10-4(8)6-7-5(11)9-2/h3H2,1-2H3,(H,6,8)(H,7,11). The van der Waals surface area contributed by atoms with E-state index in [0.29, 0.717) is 6.61 Å². The molecule has 0 unspecified atom stereocenters. The van der Waals surface area contributed by atoms with Crippen molar-refractivity contribution in [3.8, 4) is 0 Å². The second kappa shape index (κ2) is 5.72. The van der Waals surface area contributed by atoms with E-state index in [9.17, 15) is 4.79 Å². The van der Waals surface area contributed by atoms with Gasteiger partial charge in [0.1, 0.15) is 0 Å². The maximum Gasteiger partial charge on any atom is 0.426 e. The quantitative estimate of drug-likeness (QED) is 0.442. The molecule has 64 valence electrons. The van der Waals surface area contributed by atoms with E-state index in [1.165, 1.54) is 7.11 Å². The molecule has 0 aliphatic heterocycles. The molecule has 0 saturated carbocycles. The molecule has 0 saturated heterocycles. The average molecular weight is 178 g/mol. The minimum Gasteiger partial charge on any atom is -0.473 e. The van der Waals surface area contributed by atoms with Crippen LogP contribution in [0, 0.1) is 0 Å². The second-order valence-electron chi connectivity index (χ2n) is 1.46. The molecular formula is C5H10N2O3S. The number of hydrazine groups is 1. The van der Waals surface area contributed by atoms with E-state index >= 15 is 0 Å². The van der Waals surface area contributed by atoms with Crippen molar-refractivity contribution >= 4 is 23.5 Å². The average Bonchev–Trinajstić information content (AvgIpc) is 2.01. The van der Waals surface area contributed by atoms with Crippen LogP contribution in [0.2, 0.25) is 0 Å². The molecule has 5 nitrogen and oxygen atoms in total. The largest absolute Gasteiger partial charge is 0.473 e. The van der Waals surface area contributed by atoms with E-state index in [2.05, 4.69) is 32.5 Å². The second-order valence-corrected chi connectivity index (χ2v) is 1.83. The highest BCUT2D eigenvalue weighted by atomic mass is 32.1. The molecule has 0 heterocycles. The summed E-state index contributed by atoms with van der Waals surface area (Å²) in [6.07, 6.45) is -0.591. The van der Waals surface area contributed by atoms with E-state index in [4.69, 9.17) is 0 Å². The fourth-order valence-corrected chi connectivity index (χ4v) is 0.371. The summed E-state index contributed by atoms with van der Waals surface area (Å²) in [5.41, 5.74) is 4.46. The van der Waals surface area contributed by atoms with Gasteiger partial charge in [-0.15, -0.1) is 0 Å². The Labute approximate surface area is 70.0 Å². The normalized spacial score (nSPS) is 8.18. The molecule has 0 fully saturated rings. The van der Waals surface area contributed by atoms with Gasteiger partial charge in [-0.05, 0) is 19.1 Å². The number of hydrogen-bond donors (Lipinski definition) is 2. The van der Waals surface area contributed by atoms with Gasteiger partial charge < -0.3 is 9.47 Å². The molecule has 6 heteroatoms. The van der Waals surface area contributed by atoms with Gasteiger partial charge >= 0.3 is 6.09 Å². The first-order valence-electron chi connectivity index (χ1n) is 2.97. The van der Waals surface area contributed by atoms with Gasteiger partial charge in [0, 0.05) is 0 Å². The predicted molar refractivity (Wildman–Crippen MR) is 42.9 cm³/mol. The molecule has 0 aromatic heterocycles. The van der Waals surface area contributed by atoms with E-state index in [-0.39, 0.29) is 5.17 Å².